The topological polar surface area (TPSA) is 23.9 Å². The summed E-state index contributed by atoms with van der Waals surface area (Å²) in [5.74, 6) is 0.249. The third kappa shape index (κ3) is 1.84. The van der Waals surface area contributed by atoms with Gasteiger partial charge in [0.15, 0.2) is 0 Å². The van der Waals surface area contributed by atoms with Crippen molar-refractivity contribution in [3.05, 3.63) is 23.8 Å². The molecule has 1 heteroatoms. The summed E-state index contributed by atoms with van der Waals surface area (Å²) in [6, 6.07) is 0. The lowest BCUT2D eigenvalue weighted by molar-refractivity contribution is 0.517. The summed E-state index contributed by atoms with van der Waals surface area (Å²) in [5.41, 5.74) is 2.30. The summed E-state index contributed by atoms with van der Waals surface area (Å²) >= 11 is 0. The van der Waals surface area contributed by atoms with Gasteiger partial charge in [0.05, 0.1) is 0 Å². The molecule has 0 saturated carbocycles. The Morgan fingerprint density at radius 3 is 2.25 bits per heavy atom. The molecule has 1 rings (SSSR count). The van der Waals surface area contributed by atoms with Gasteiger partial charge in [-0.2, -0.15) is 0 Å². The zero-order valence-corrected chi connectivity index (χ0v) is 8.31. The van der Waals surface area contributed by atoms with Crippen LogP contribution in [0.15, 0.2) is 23.8 Å². The van der Waals surface area contributed by atoms with Crippen molar-refractivity contribution in [2.24, 2.45) is 11.3 Å². The molecule has 12 heavy (non-hydrogen) atoms. The van der Waals surface area contributed by atoms with Crippen molar-refractivity contribution in [3.8, 4) is 0 Å². The summed E-state index contributed by atoms with van der Waals surface area (Å²) < 4.78 is 0. The lowest BCUT2D eigenvalue weighted by Crippen LogP contribution is -2.07. The molecule has 0 aromatic carbocycles. The Morgan fingerprint density at radius 2 is 2.00 bits per heavy atom. The quantitative estimate of drug-likeness (QED) is 0.574. The van der Waals surface area contributed by atoms with Gasteiger partial charge in [0.25, 0.3) is 0 Å². The molecule has 0 saturated heterocycles. The first kappa shape index (κ1) is 9.24. The standard InChI is InChI=1S/C11H17N/c1-8(12)9-5-6-10(7-9)11(2,3)4/h5-7,9,12H,1-4H3. The third-order valence-corrected chi connectivity index (χ3v) is 2.21. The molecule has 0 amide bonds. The van der Waals surface area contributed by atoms with Crippen molar-refractivity contribution in [2.75, 3.05) is 0 Å². The number of nitrogens with one attached hydrogen (secondary N) is 1. The summed E-state index contributed by atoms with van der Waals surface area (Å²) in [4.78, 5) is 0. The highest BCUT2D eigenvalue weighted by atomic mass is 14.4. The average molecular weight is 163 g/mol. The van der Waals surface area contributed by atoms with E-state index in [1.165, 1.54) is 5.57 Å². The lowest BCUT2D eigenvalue weighted by atomic mass is 9.87. The molecule has 66 valence electrons. The van der Waals surface area contributed by atoms with Gasteiger partial charge in [-0.15, -0.1) is 0 Å². The highest BCUT2D eigenvalue weighted by molar-refractivity contribution is 5.85. The minimum absolute atomic E-state index is 0.223. The van der Waals surface area contributed by atoms with Crippen LogP contribution in [0.4, 0.5) is 0 Å². The van der Waals surface area contributed by atoms with Crippen LogP contribution in [0.25, 0.3) is 0 Å². The van der Waals surface area contributed by atoms with Crippen LogP contribution in [0.3, 0.4) is 0 Å². The van der Waals surface area contributed by atoms with E-state index in [0.717, 1.165) is 5.71 Å². The highest BCUT2D eigenvalue weighted by Crippen LogP contribution is 2.31. The zero-order chi connectivity index (χ0) is 9.35. The first-order chi connectivity index (χ1) is 5.41. The van der Waals surface area contributed by atoms with Crippen LogP contribution in [0.2, 0.25) is 0 Å². The van der Waals surface area contributed by atoms with Crippen LogP contribution in [0, 0.1) is 16.7 Å². The minimum atomic E-state index is 0.223. The Bertz CT molecular complexity index is 251. The van der Waals surface area contributed by atoms with Gasteiger partial charge in [0.1, 0.15) is 0 Å². The van der Waals surface area contributed by atoms with Crippen molar-refractivity contribution in [3.63, 3.8) is 0 Å². The molecule has 1 aliphatic carbocycles. The molecular formula is C11H17N. The Morgan fingerprint density at radius 1 is 1.42 bits per heavy atom. The normalized spacial score (nSPS) is 22.7. The first-order valence-corrected chi connectivity index (χ1v) is 4.37. The fraction of sp³-hybridized carbons (Fsp3) is 0.545. The van der Waals surface area contributed by atoms with Crippen LogP contribution in [0.1, 0.15) is 27.7 Å². The van der Waals surface area contributed by atoms with E-state index in [1.807, 2.05) is 6.92 Å². The molecule has 1 atom stereocenters. The van der Waals surface area contributed by atoms with Gasteiger partial charge in [0, 0.05) is 11.6 Å². The van der Waals surface area contributed by atoms with E-state index in [0.29, 0.717) is 0 Å². The summed E-state index contributed by atoms with van der Waals surface area (Å²) in [5, 5.41) is 7.49. The SMILES string of the molecule is CC(=N)C1C=CC(C(C)(C)C)=C1. The van der Waals surface area contributed by atoms with Crippen LogP contribution in [0.5, 0.6) is 0 Å². The van der Waals surface area contributed by atoms with Crippen molar-refractivity contribution < 1.29 is 0 Å². The molecular weight excluding hydrogens is 146 g/mol. The maximum atomic E-state index is 7.49. The second-order valence-corrected chi connectivity index (χ2v) is 4.44. The Labute approximate surface area is 74.7 Å². The number of hydrogen-bond donors (Lipinski definition) is 1. The second-order valence-electron chi connectivity index (χ2n) is 4.44. The van der Waals surface area contributed by atoms with Crippen LogP contribution in [-0.4, -0.2) is 5.71 Å². The van der Waals surface area contributed by atoms with Crippen molar-refractivity contribution in [2.45, 2.75) is 27.7 Å². The molecule has 0 radical (unpaired) electrons. The van der Waals surface area contributed by atoms with Gasteiger partial charge >= 0.3 is 0 Å². The van der Waals surface area contributed by atoms with Gasteiger partial charge in [-0.05, 0) is 17.9 Å². The van der Waals surface area contributed by atoms with Gasteiger partial charge in [-0.3, -0.25) is 0 Å². The monoisotopic (exact) mass is 163 g/mol. The van der Waals surface area contributed by atoms with Crippen LogP contribution < -0.4 is 0 Å². The van der Waals surface area contributed by atoms with E-state index >= 15 is 0 Å². The molecule has 1 N–H and O–H groups in total. The molecule has 1 aliphatic rings. The Hall–Kier alpha value is -0.850. The predicted octanol–water partition coefficient (Wildman–Crippen LogP) is 3.18. The summed E-state index contributed by atoms with van der Waals surface area (Å²) in [7, 11) is 0. The van der Waals surface area contributed by atoms with E-state index in [4.69, 9.17) is 5.41 Å². The van der Waals surface area contributed by atoms with Crippen LogP contribution in [-0.2, 0) is 0 Å². The second kappa shape index (κ2) is 2.89. The smallest absolute Gasteiger partial charge is 0.0332 e. The molecule has 0 heterocycles. The largest absolute Gasteiger partial charge is 0.309 e. The molecule has 0 bridgehead atoms. The van der Waals surface area contributed by atoms with E-state index in [2.05, 4.69) is 39.0 Å². The third-order valence-electron chi connectivity index (χ3n) is 2.21. The zero-order valence-electron chi connectivity index (χ0n) is 8.31. The minimum Gasteiger partial charge on any atom is -0.309 e. The number of hydrogen-bond acceptors (Lipinski definition) is 1. The molecule has 1 nitrogen and oxygen atoms in total. The Balaban J connectivity index is 2.82. The molecule has 0 spiro atoms. The number of rotatable bonds is 1. The van der Waals surface area contributed by atoms with Crippen molar-refractivity contribution >= 4 is 5.71 Å². The van der Waals surface area contributed by atoms with E-state index in [-0.39, 0.29) is 11.3 Å². The highest BCUT2D eigenvalue weighted by Gasteiger charge is 2.20. The van der Waals surface area contributed by atoms with Gasteiger partial charge in [-0.1, -0.05) is 39.0 Å². The van der Waals surface area contributed by atoms with E-state index in [9.17, 15) is 0 Å². The molecule has 0 aromatic heterocycles. The summed E-state index contributed by atoms with van der Waals surface area (Å²) in [6.45, 7) is 8.46. The van der Waals surface area contributed by atoms with Gasteiger partial charge in [0.2, 0.25) is 0 Å². The van der Waals surface area contributed by atoms with Gasteiger partial charge in [-0.25, -0.2) is 0 Å². The molecule has 0 aliphatic heterocycles. The molecule has 1 unspecified atom stereocenters. The van der Waals surface area contributed by atoms with Crippen LogP contribution >= 0.6 is 0 Å². The van der Waals surface area contributed by atoms with E-state index < -0.39 is 0 Å². The average Bonchev–Trinajstić information content (AvgIpc) is 2.30. The first-order valence-electron chi connectivity index (χ1n) is 4.37. The van der Waals surface area contributed by atoms with Crippen molar-refractivity contribution in [1.29, 1.82) is 5.41 Å². The maximum Gasteiger partial charge on any atom is 0.0332 e. The summed E-state index contributed by atoms with van der Waals surface area (Å²) in [6.07, 6.45) is 6.42. The Kier molecular flexibility index (Phi) is 2.22. The van der Waals surface area contributed by atoms with E-state index in [1.54, 1.807) is 0 Å². The van der Waals surface area contributed by atoms with Gasteiger partial charge < -0.3 is 5.41 Å². The maximum absolute atomic E-state index is 7.49. The molecule has 0 fully saturated rings. The predicted molar refractivity (Wildman–Crippen MR) is 53.6 cm³/mol. The number of allylic oxidation sites excluding steroid dienone is 4. The lowest BCUT2D eigenvalue weighted by Gasteiger charge is -2.18. The fourth-order valence-corrected chi connectivity index (χ4v) is 1.28. The molecule has 0 aromatic rings. The fourth-order valence-electron chi connectivity index (χ4n) is 1.28. The van der Waals surface area contributed by atoms with Crippen molar-refractivity contribution in [1.82, 2.24) is 0 Å².